The van der Waals surface area contributed by atoms with Gasteiger partial charge in [-0.2, -0.15) is 5.10 Å². The first-order valence-electron chi connectivity index (χ1n) is 5.57. The molecule has 0 saturated carbocycles. The lowest BCUT2D eigenvalue weighted by atomic mass is 10.2. The van der Waals surface area contributed by atoms with Crippen LogP contribution in [0.5, 0.6) is 5.75 Å². The van der Waals surface area contributed by atoms with E-state index in [1.807, 2.05) is 0 Å². The van der Waals surface area contributed by atoms with Crippen LogP contribution in [-0.2, 0) is 11.3 Å². The van der Waals surface area contributed by atoms with Crippen LogP contribution in [0.2, 0.25) is 0 Å². The zero-order chi connectivity index (χ0) is 13.0. The summed E-state index contributed by atoms with van der Waals surface area (Å²) in [6.07, 6.45) is 3.32. The number of benzene rings is 1. The van der Waals surface area contributed by atoms with E-state index in [0.717, 1.165) is 5.56 Å². The van der Waals surface area contributed by atoms with Crippen LogP contribution in [0, 0.1) is 6.92 Å². The van der Waals surface area contributed by atoms with Gasteiger partial charge in [0.2, 0.25) is 5.91 Å². The quantitative estimate of drug-likeness (QED) is 0.797. The number of rotatable bonds is 4. The fraction of sp³-hybridized carbons (Fsp3) is 0.250. The number of nitrogens with zero attached hydrogens (tertiary/aromatic N) is 3. The van der Waals surface area contributed by atoms with Crippen molar-refractivity contribution in [1.29, 1.82) is 0 Å². The van der Waals surface area contributed by atoms with Crippen molar-refractivity contribution in [3.8, 4) is 5.75 Å². The highest BCUT2D eigenvalue weighted by atomic mass is 16.3. The molecule has 1 aromatic carbocycles. The first-order chi connectivity index (χ1) is 8.65. The Labute approximate surface area is 104 Å². The summed E-state index contributed by atoms with van der Waals surface area (Å²) >= 11 is 0. The number of carbonyl (C=O) groups is 1. The minimum absolute atomic E-state index is 0.101. The zero-order valence-electron chi connectivity index (χ0n) is 10.00. The molecule has 1 heterocycles. The number of nitrogens with one attached hydrogen (secondary N) is 1. The van der Waals surface area contributed by atoms with E-state index in [-0.39, 0.29) is 11.7 Å². The second kappa shape index (κ2) is 5.31. The van der Waals surface area contributed by atoms with Gasteiger partial charge < -0.3 is 10.4 Å². The monoisotopic (exact) mass is 246 g/mol. The van der Waals surface area contributed by atoms with Crippen LogP contribution in [-0.4, -0.2) is 25.8 Å². The van der Waals surface area contributed by atoms with Gasteiger partial charge >= 0.3 is 0 Å². The molecule has 2 aromatic rings. The number of aromatic hydroxyl groups is 1. The van der Waals surface area contributed by atoms with Crippen LogP contribution in [0.25, 0.3) is 0 Å². The second-order valence-corrected chi connectivity index (χ2v) is 3.96. The van der Waals surface area contributed by atoms with Crippen molar-refractivity contribution in [3.05, 3.63) is 36.4 Å². The fourth-order valence-corrected chi connectivity index (χ4v) is 1.52. The molecule has 94 valence electrons. The summed E-state index contributed by atoms with van der Waals surface area (Å²) in [5.41, 5.74) is 1.40. The predicted octanol–water partition coefficient (Wildman–Crippen LogP) is 1.32. The summed E-state index contributed by atoms with van der Waals surface area (Å²) in [4.78, 5) is 15.5. The normalized spacial score (nSPS) is 10.3. The third-order valence-electron chi connectivity index (χ3n) is 2.52. The van der Waals surface area contributed by atoms with Crippen LogP contribution in [0.15, 0.2) is 30.9 Å². The standard InChI is InChI=1S/C12H14N4O2/c1-9-6-10(2-3-11(9)17)15-12(18)4-5-16-8-13-7-14-16/h2-3,6-8,17H,4-5H2,1H3,(H,15,18). The van der Waals surface area contributed by atoms with E-state index < -0.39 is 0 Å². The van der Waals surface area contributed by atoms with E-state index in [9.17, 15) is 9.90 Å². The highest BCUT2D eigenvalue weighted by Gasteiger charge is 2.04. The number of amides is 1. The molecule has 6 nitrogen and oxygen atoms in total. The first kappa shape index (κ1) is 12.1. The summed E-state index contributed by atoms with van der Waals surface area (Å²) in [6.45, 7) is 2.27. The van der Waals surface area contributed by atoms with Crippen molar-refractivity contribution >= 4 is 11.6 Å². The molecule has 0 spiro atoms. The number of aromatic nitrogens is 3. The predicted molar refractivity (Wildman–Crippen MR) is 66.1 cm³/mol. The number of carbonyl (C=O) groups excluding carboxylic acids is 1. The van der Waals surface area contributed by atoms with E-state index in [2.05, 4.69) is 15.4 Å². The molecule has 0 radical (unpaired) electrons. The lowest BCUT2D eigenvalue weighted by molar-refractivity contribution is -0.116. The maximum atomic E-state index is 11.7. The lowest BCUT2D eigenvalue weighted by Crippen LogP contribution is -2.14. The highest BCUT2D eigenvalue weighted by Crippen LogP contribution is 2.20. The molecule has 0 unspecified atom stereocenters. The van der Waals surface area contributed by atoms with Gasteiger partial charge in [-0.1, -0.05) is 0 Å². The minimum atomic E-state index is -0.101. The fourth-order valence-electron chi connectivity index (χ4n) is 1.52. The number of anilines is 1. The highest BCUT2D eigenvalue weighted by molar-refractivity contribution is 5.90. The van der Waals surface area contributed by atoms with E-state index in [1.165, 1.54) is 6.33 Å². The molecule has 2 rings (SSSR count). The third-order valence-corrected chi connectivity index (χ3v) is 2.52. The molecular formula is C12H14N4O2. The Bertz CT molecular complexity index is 537. The molecule has 1 aromatic heterocycles. The summed E-state index contributed by atoms with van der Waals surface area (Å²) in [5.74, 6) is 0.117. The van der Waals surface area contributed by atoms with Gasteiger partial charge in [-0.05, 0) is 30.7 Å². The van der Waals surface area contributed by atoms with Gasteiger partial charge in [-0.25, -0.2) is 4.98 Å². The molecule has 18 heavy (non-hydrogen) atoms. The Morgan fingerprint density at radius 2 is 2.33 bits per heavy atom. The molecule has 0 aliphatic carbocycles. The van der Waals surface area contributed by atoms with Gasteiger partial charge in [-0.3, -0.25) is 9.48 Å². The van der Waals surface area contributed by atoms with Gasteiger partial charge in [0.1, 0.15) is 18.4 Å². The van der Waals surface area contributed by atoms with E-state index in [1.54, 1.807) is 36.1 Å². The largest absolute Gasteiger partial charge is 0.508 e. The molecule has 0 aliphatic heterocycles. The van der Waals surface area contributed by atoms with Crippen LogP contribution < -0.4 is 5.32 Å². The number of phenolic OH excluding ortho intramolecular Hbond substituents is 1. The van der Waals surface area contributed by atoms with Crippen LogP contribution >= 0.6 is 0 Å². The molecule has 0 aliphatic rings. The van der Waals surface area contributed by atoms with E-state index in [0.29, 0.717) is 18.7 Å². The van der Waals surface area contributed by atoms with Gasteiger partial charge in [0, 0.05) is 12.1 Å². The van der Waals surface area contributed by atoms with Crippen LogP contribution in [0.4, 0.5) is 5.69 Å². The maximum absolute atomic E-state index is 11.7. The third kappa shape index (κ3) is 3.07. The van der Waals surface area contributed by atoms with E-state index >= 15 is 0 Å². The Kier molecular flexibility index (Phi) is 3.57. The smallest absolute Gasteiger partial charge is 0.226 e. The van der Waals surface area contributed by atoms with Crippen molar-refractivity contribution in [3.63, 3.8) is 0 Å². The van der Waals surface area contributed by atoms with Crippen molar-refractivity contribution in [1.82, 2.24) is 14.8 Å². The first-order valence-corrected chi connectivity index (χ1v) is 5.57. The summed E-state index contributed by atoms with van der Waals surface area (Å²) in [5, 5.41) is 16.0. The minimum Gasteiger partial charge on any atom is -0.508 e. The van der Waals surface area contributed by atoms with Crippen molar-refractivity contribution in [2.45, 2.75) is 19.9 Å². The molecular weight excluding hydrogens is 232 g/mol. The molecule has 0 saturated heterocycles. The lowest BCUT2D eigenvalue weighted by Gasteiger charge is -2.07. The van der Waals surface area contributed by atoms with Gasteiger partial charge in [-0.15, -0.1) is 0 Å². The molecule has 1 amide bonds. The Balaban J connectivity index is 1.88. The number of hydrogen-bond donors (Lipinski definition) is 2. The number of phenols is 1. The number of aryl methyl sites for hydroxylation is 2. The average molecular weight is 246 g/mol. The van der Waals surface area contributed by atoms with Crippen LogP contribution in [0.3, 0.4) is 0 Å². The van der Waals surface area contributed by atoms with Gasteiger partial charge in [0.05, 0.1) is 6.54 Å². The Morgan fingerprint density at radius 1 is 1.50 bits per heavy atom. The SMILES string of the molecule is Cc1cc(NC(=O)CCn2cncn2)ccc1O. The average Bonchev–Trinajstić information content (AvgIpc) is 2.84. The Hall–Kier alpha value is -2.37. The maximum Gasteiger partial charge on any atom is 0.226 e. The molecule has 0 atom stereocenters. The van der Waals surface area contributed by atoms with Crippen molar-refractivity contribution < 1.29 is 9.90 Å². The molecule has 2 N–H and O–H groups in total. The topological polar surface area (TPSA) is 80.0 Å². The molecule has 0 bridgehead atoms. The van der Waals surface area contributed by atoms with Crippen LogP contribution in [0.1, 0.15) is 12.0 Å². The Morgan fingerprint density at radius 3 is 3.00 bits per heavy atom. The second-order valence-electron chi connectivity index (χ2n) is 3.96. The van der Waals surface area contributed by atoms with Crippen molar-refractivity contribution in [2.75, 3.05) is 5.32 Å². The summed E-state index contributed by atoms with van der Waals surface area (Å²) in [7, 11) is 0. The number of hydrogen-bond acceptors (Lipinski definition) is 4. The summed E-state index contributed by atoms with van der Waals surface area (Å²) in [6, 6.07) is 4.95. The summed E-state index contributed by atoms with van der Waals surface area (Å²) < 4.78 is 1.60. The zero-order valence-corrected chi connectivity index (χ0v) is 10.00. The molecule has 0 fully saturated rings. The van der Waals surface area contributed by atoms with Gasteiger partial charge in [0.15, 0.2) is 0 Å². The van der Waals surface area contributed by atoms with Gasteiger partial charge in [0.25, 0.3) is 0 Å². The molecule has 6 heteroatoms. The van der Waals surface area contributed by atoms with Crippen molar-refractivity contribution in [2.24, 2.45) is 0 Å². The van der Waals surface area contributed by atoms with E-state index in [4.69, 9.17) is 0 Å².